The zero-order valence-corrected chi connectivity index (χ0v) is 18.8. The molecular weight excluding hydrogens is 360 g/mol. The summed E-state index contributed by atoms with van der Waals surface area (Å²) in [5, 5.41) is 9.42. The topological polar surface area (TPSA) is 74.6 Å². The number of hydrogen-bond acceptors (Lipinski definition) is 3. The van der Waals surface area contributed by atoms with Gasteiger partial charge in [-0.05, 0) is 25.7 Å². The summed E-state index contributed by atoms with van der Waals surface area (Å²) in [7, 11) is -3.89. The molecule has 0 heterocycles. The molecule has 2 N–H and O–H groups in total. The Morgan fingerprint density at radius 1 is 0.593 bits per heavy atom. The lowest BCUT2D eigenvalue weighted by Crippen LogP contribution is -2.20. The second-order valence-electron chi connectivity index (χ2n) is 8.19. The van der Waals surface area contributed by atoms with Crippen molar-refractivity contribution >= 4 is 10.1 Å². The number of unbranched alkanes of at least 4 members (excludes halogenated alkanes) is 11. The minimum absolute atomic E-state index is 0.118. The fraction of sp³-hybridized carbons (Fsp3) is 1.00. The molecule has 4 nitrogen and oxygen atoms in total. The first-order valence-corrected chi connectivity index (χ1v) is 13.1. The summed E-state index contributed by atoms with van der Waals surface area (Å²) in [6, 6.07) is 0. The van der Waals surface area contributed by atoms with Crippen LogP contribution in [0.3, 0.4) is 0 Å². The lowest BCUT2D eigenvalue weighted by Gasteiger charge is -2.13. The second-order valence-corrected chi connectivity index (χ2v) is 9.88. The van der Waals surface area contributed by atoms with Crippen LogP contribution in [-0.2, 0) is 10.1 Å². The molecule has 2 unspecified atom stereocenters. The van der Waals surface area contributed by atoms with Gasteiger partial charge in [-0.3, -0.25) is 4.55 Å². The first kappa shape index (κ1) is 26.9. The number of rotatable bonds is 20. The Bertz CT molecular complexity index is 409. The van der Waals surface area contributed by atoms with Crippen molar-refractivity contribution in [1.82, 2.24) is 0 Å². The van der Waals surface area contributed by atoms with Crippen molar-refractivity contribution in [3.63, 3.8) is 0 Å². The molecular formula is C22H46O4S. The van der Waals surface area contributed by atoms with Crippen molar-refractivity contribution < 1.29 is 18.1 Å². The van der Waals surface area contributed by atoms with Gasteiger partial charge in [-0.1, -0.05) is 104 Å². The standard InChI is InChI=1S/C22H46O4S/c1-3-5-7-11-14-17-21(23)18-15-12-9-8-10-13-16-20-22(19-6-4-2)27(24,25)26/h21-23H,3-20H2,1-2H3,(H,24,25,26). The van der Waals surface area contributed by atoms with E-state index in [4.69, 9.17) is 0 Å². The molecule has 0 saturated carbocycles. The monoisotopic (exact) mass is 406 g/mol. The minimum atomic E-state index is -3.89. The van der Waals surface area contributed by atoms with Gasteiger partial charge in [-0.25, -0.2) is 0 Å². The van der Waals surface area contributed by atoms with E-state index in [2.05, 4.69) is 6.92 Å². The molecule has 0 rings (SSSR count). The molecule has 0 aliphatic rings. The Morgan fingerprint density at radius 3 is 1.41 bits per heavy atom. The summed E-state index contributed by atoms with van der Waals surface area (Å²) in [4.78, 5) is 0. The van der Waals surface area contributed by atoms with Gasteiger partial charge < -0.3 is 5.11 Å². The summed E-state index contributed by atoms with van der Waals surface area (Å²) in [5.74, 6) is 0. The third kappa shape index (κ3) is 17.7. The third-order valence-electron chi connectivity index (χ3n) is 5.51. The smallest absolute Gasteiger partial charge is 0.267 e. The number of hydrogen-bond donors (Lipinski definition) is 2. The Hall–Kier alpha value is -0.130. The van der Waals surface area contributed by atoms with Crippen molar-refractivity contribution in [1.29, 1.82) is 0 Å². The van der Waals surface area contributed by atoms with Crippen molar-refractivity contribution in [3.05, 3.63) is 0 Å². The van der Waals surface area contributed by atoms with Gasteiger partial charge in [-0.2, -0.15) is 8.42 Å². The van der Waals surface area contributed by atoms with Crippen molar-refractivity contribution in [2.75, 3.05) is 0 Å². The predicted molar refractivity (Wildman–Crippen MR) is 116 cm³/mol. The lowest BCUT2D eigenvalue weighted by atomic mass is 10.0. The van der Waals surface area contributed by atoms with Crippen LogP contribution in [0.25, 0.3) is 0 Å². The SMILES string of the molecule is CCCCCCCC(O)CCCCCCCCCC(CCCC)S(=O)(=O)O. The van der Waals surface area contributed by atoms with Gasteiger partial charge in [0.15, 0.2) is 0 Å². The molecule has 0 amide bonds. The molecule has 0 fully saturated rings. The van der Waals surface area contributed by atoms with Gasteiger partial charge in [0.25, 0.3) is 10.1 Å². The van der Waals surface area contributed by atoms with E-state index in [0.717, 1.165) is 57.8 Å². The van der Waals surface area contributed by atoms with E-state index in [1.807, 2.05) is 6.92 Å². The molecule has 0 aromatic heterocycles. The molecule has 27 heavy (non-hydrogen) atoms. The number of aliphatic hydroxyl groups is 1. The molecule has 2 atom stereocenters. The van der Waals surface area contributed by atoms with Crippen LogP contribution in [0.2, 0.25) is 0 Å². The molecule has 164 valence electrons. The van der Waals surface area contributed by atoms with Gasteiger partial charge >= 0.3 is 0 Å². The van der Waals surface area contributed by atoms with Gasteiger partial charge in [0.1, 0.15) is 0 Å². The largest absolute Gasteiger partial charge is 0.393 e. The molecule has 0 radical (unpaired) electrons. The van der Waals surface area contributed by atoms with Crippen molar-refractivity contribution in [2.45, 2.75) is 141 Å². The maximum absolute atomic E-state index is 11.4. The molecule has 0 bridgehead atoms. The van der Waals surface area contributed by atoms with Crippen LogP contribution in [-0.4, -0.2) is 29.4 Å². The normalized spacial score (nSPS) is 14.4. The van der Waals surface area contributed by atoms with Gasteiger partial charge in [0.05, 0.1) is 11.4 Å². The fourth-order valence-electron chi connectivity index (χ4n) is 3.64. The van der Waals surface area contributed by atoms with Crippen LogP contribution >= 0.6 is 0 Å². The predicted octanol–water partition coefficient (Wildman–Crippen LogP) is 6.67. The van der Waals surface area contributed by atoms with E-state index < -0.39 is 15.4 Å². The van der Waals surface area contributed by atoms with E-state index in [9.17, 15) is 18.1 Å². The molecule has 0 aliphatic carbocycles. The summed E-state index contributed by atoms with van der Waals surface area (Å²) in [5.41, 5.74) is 0. The lowest BCUT2D eigenvalue weighted by molar-refractivity contribution is 0.147. The van der Waals surface area contributed by atoms with Crippen LogP contribution in [0, 0.1) is 0 Å². The molecule has 0 aromatic carbocycles. The molecule has 0 saturated heterocycles. The quantitative estimate of drug-likeness (QED) is 0.175. The zero-order chi connectivity index (χ0) is 20.4. The zero-order valence-electron chi connectivity index (χ0n) is 18.0. The molecule has 0 spiro atoms. The Balaban J connectivity index is 3.50. The van der Waals surface area contributed by atoms with E-state index in [-0.39, 0.29) is 6.10 Å². The summed E-state index contributed by atoms with van der Waals surface area (Å²) in [6.45, 7) is 4.26. The molecule has 0 aromatic rings. The minimum Gasteiger partial charge on any atom is -0.393 e. The van der Waals surface area contributed by atoms with Gasteiger partial charge in [0.2, 0.25) is 0 Å². The van der Waals surface area contributed by atoms with Crippen LogP contribution in [0.4, 0.5) is 0 Å². The first-order chi connectivity index (χ1) is 12.9. The van der Waals surface area contributed by atoms with E-state index in [1.165, 1.54) is 44.9 Å². The summed E-state index contributed by atoms with van der Waals surface area (Å²) in [6.07, 6.45) is 18.7. The highest BCUT2D eigenvalue weighted by molar-refractivity contribution is 7.86. The molecule has 0 aliphatic heterocycles. The van der Waals surface area contributed by atoms with Crippen LogP contribution in [0.5, 0.6) is 0 Å². The van der Waals surface area contributed by atoms with Crippen molar-refractivity contribution in [3.8, 4) is 0 Å². The van der Waals surface area contributed by atoms with E-state index >= 15 is 0 Å². The Morgan fingerprint density at radius 2 is 0.963 bits per heavy atom. The maximum atomic E-state index is 11.4. The van der Waals surface area contributed by atoms with E-state index in [1.54, 1.807) is 0 Å². The maximum Gasteiger partial charge on any atom is 0.267 e. The Labute approximate surface area is 169 Å². The van der Waals surface area contributed by atoms with Crippen LogP contribution in [0.15, 0.2) is 0 Å². The Kier molecular flexibility index (Phi) is 17.8. The highest BCUT2D eigenvalue weighted by Crippen LogP contribution is 2.18. The fourth-order valence-corrected chi connectivity index (χ4v) is 4.57. The highest BCUT2D eigenvalue weighted by atomic mass is 32.2. The second kappa shape index (κ2) is 17.9. The number of aliphatic hydroxyl groups excluding tert-OH is 1. The highest BCUT2D eigenvalue weighted by Gasteiger charge is 2.21. The van der Waals surface area contributed by atoms with Crippen molar-refractivity contribution in [2.24, 2.45) is 0 Å². The summed E-state index contributed by atoms with van der Waals surface area (Å²) < 4.78 is 32.0. The third-order valence-corrected chi connectivity index (χ3v) is 6.82. The summed E-state index contributed by atoms with van der Waals surface area (Å²) >= 11 is 0. The average molecular weight is 407 g/mol. The van der Waals surface area contributed by atoms with Crippen LogP contribution in [0.1, 0.15) is 129 Å². The van der Waals surface area contributed by atoms with Gasteiger partial charge in [-0.15, -0.1) is 0 Å². The van der Waals surface area contributed by atoms with E-state index in [0.29, 0.717) is 12.8 Å². The molecule has 5 heteroatoms. The van der Waals surface area contributed by atoms with Gasteiger partial charge in [0, 0.05) is 0 Å². The first-order valence-electron chi connectivity index (χ1n) is 11.6. The van der Waals surface area contributed by atoms with Crippen LogP contribution < -0.4 is 0 Å². The average Bonchev–Trinajstić information content (AvgIpc) is 2.61.